The number of aromatic nitrogens is 2. The standard InChI is InChI=1S/C29H36BrN7O4S/c1-37-12-10-20(11-13-37)33-28(38)19-8-9-23(25(15-19)41-2)35-29-31-16-22(30)27(36-29)34-24-14-18-6-4-5-7-21(18)26(24)32-17-42(3,39)40/h4-9,15-16,20,24,26,32H,10-14,17H2,1-3H3,(H,33,38)(H2,31,34,35,36)/t24-,26-/m1/s1. The second-order valence-electron chi connectivity index (χ2n) is 10.9. The maximum atomic E-state index is 12.9. The Balaban J connectivity index is 1.30. The maximum absolute atomic E-state index is 12.9. The highest BCUT2D eigenvalue weighted by atomic mass is 79.9. The largest absolute Gasteiger partial charge is 0.495 e. The minimum Gasteiger partial charge on any atom is -0.495 e. The van der Waals surface area contributed by atoms with Gasteiger partial charge in [0.15, 0.2) is 9.84 Å². The second kappa shape index (κ2) is 12.9. The summed E-state index contributed by atoms with van der Waals surface area (Å²) in [6.45, 7) is 1.93. The van der Waals surface area contributed by atoms with Crippen LogP contribution in [0.3, 0.4) is 0 Å². The molecule has 1 amide bonds. The first kappa shape index (κ1) is 30.2. The van der Waals surface area contributed by atoms with Gasteiger partial charge in [0, 0.05) is 24.1 Å². The van der Waals surface area contributed by atoms with E-state index in [2.05, 4.69) is 65.2 Å². The van der Waals surface area contributed by atoms with E-state index in [-0.39, 0.29) is 29.9 Å². The zero-order valence-corrected chi connectivity index (χ0v) is 26.3. The molecule has 42 heavy (non-hydrogen) atoms. The summed E-state index contributed by atoms with van der Waals surface area (Å²) >= 11 is 3.54. The van der Waals surface area contributed by atoms with Crippen LogP contribution < -0.4 is 26.0 Å². The van der Waals surface area contributed by atoms with Gasteiger partial charge < -0.3 is 25.6 Å². The highest BCUT2D eigenvalue weighted by molar-refractivity contribution is 9.10. The van der Waals surface area contributed by atoms with Gasteiger partial charge in [0.25, 0.3) is 5.91 Å². The first-order valence-corrected chi connectivity index (χ1v) is 16.7. The number of piperidine rings is 1. The van der Waals surface area contributed by atoms with Crippen molar-refractivity contribution in [3.8, 4) is 5.75 Å². The minimum atomic E-state index is -3.21. The van der Waals surface area contributed by atoms with E-state index in [4.69, 9.17) is 4.74 Å². The van der Waals surface area contributed by atoms with Crippen LogP contribution in [-0.4, -0.2) is 80.7 Å². The Morgan fingerprint density at radius 1 is 1.17 bits per heavy atom. The zero-order chi connectivity index (χ0) is 29.9. The Bertz CT molecular complexity index is 1550. The van der Waals surface area contributed by atoms with Crippen LogP contribution in [0, 0.1) is 0 Å². The molecule has 1 aliphatic heterocycles. The number of likely N-dealkylation sites (tertiary alicyclic amines) is 1. The van der Waals surface area contributed by atoms with E-state index in [0.29, 0.717) is 39.7 Å². The Kier molecular flexibility index (Phi) is 9.31. The fraction of sp³-hybridized carbons (Fsp3) is 0.414. The summed E-state index contributed by atoms with van der Waals surface area (Å²) < 4.78 is 30.0. The molecule has 13 heteroatoms. The predicted molar refractivity (Wildman–Crippen MR) is 167 cm³/mol. The van der Waals surface area contributed by atoms with Gasteiger partial charge in [-0.1, -0.05) is 24.3 Å². The Hall–Kier alpha value is -3.26. The Morgan fingerprint density at radius 2 is 1.93 bits per heavy atom. The molecule has 1 fully saturated rings. The smallest absolute Gasteiger partial charge is 0.251 e. The number of carbonyl (C=O) groups excluding carboxylic acids is 1. The van der Waals surface area contributed by atoms with Crippen molar-refractivity contribution in [2.75, 3.05) is 50.0 Å². The molecule has 0 radical (unpaired) electrons. The molecule has 5 rings (SSSR count). The van der Waals surface area contributed by atoms with Crippen molar-refractivity contribution in [2.45, 2.75) is 37.4 Å². The quantitative estimate of drug-likeness (QED) is 0.256. The average Bonchev–Trinajstić information content (AvgIpc) is 3.31. The number of nitrogens with one attached hydrogen (secondary N) is 4. The van der Waals surface area contributed by atoms with Gasteiger partial charge in [0.05, 0.1) is 35.2 Å². The van der Waals surface area contributed by atoms with Gasteiger partial charge >= 0.3 is 0 Å². The highest BCUT2D eigenvalue weighted by Crippen LogP contribution is 2.35. The third-order valence-electron chi connectivity index (χ3n) is 7.63. The lowest BCUT2D eigenvalue weighted by molar-refractivity contribution is 0.0916. The molecule has 224 valence electrons. The van der Waals surface area contributed by atoms with Crippen LogP contribution in [0.1, 0.15) is 40.4 Å². The highest BCUT2D eigenvalue weighted by Gasteiger charge is 2.33. The van der Waals surface area contributed by atoms with Crippen LogP contribution in [0.5, 0.6) is 5.75 Å². The number of amides is 1. The summed E-state index contributed by atoms with van der Waals surface area (Å²) in [6.07, 6.45) is 5.42. The number of halogens is 1. The Labute approximate surface area is 254 Å². The molecule has 4 N–H and O–H groups in total. The number of benzene rings is 2. The predicted octanol–water partition coefficient (Wildman–Crippen LogP) is 3.48. The SMILES string of the molecule is COc1cc(C(=O)NC2CCN(C)CC2)ccc1Nc1ncc(Br)c(N[C@@H]2Cc3ccccc3[C@H]2NCS(C)(=O)=O)n1. The minimum absolute atomic E-state index is 0.127. The molecule has 2 atom stereocenters. The normalized spacial score (nSPS) is 19.2. The number of anilines is 3. The first-order chi connectivity index (χ1) is 20.1. The summed E-state index contributed by atoms with van der Waals surface area (Å²) in [5.41, 5.74) is 3.34. The van der Waals surface area contributed by atoms with Gasteiger partial charge in [0.1, 0.15) is 11.6 Å². The number of hydrogen-bond acceptors (Lipinski definition) is 10. The van der Waals surface area contributed by atoms with E-state index in [1.807, 2.05) is 18.2 Å². The van der Waals surface area contributed by atoms with Crippen LogP contribution in [-0.2, 0) is 16.3 Å². The number of sulfone groups is 1. The average molecular weight is 659 g/mol. The molecule has 1 saturated heterocycles. The molecule has 2 heterocycles. The summed E-state index contributed by atoms with van der Waals surface area (Å²) in [4.78, 5) is 24.3. The summed E-state index contributed by atoms with van der Waals surface area (Å²) in [6, 6.07) is 13.0. The molecule has 0 spiro atoms. The lowest BCUT2D eigenvalue weighted by Gasteiger charge is -2.29. The van der Waals surface area contributed by atoms with Crippen molar-refractivity contribution in [1.29, 1.82) is 0 Å². The first-order valence-electron chi connectivity index (χ1n) is 13.8. The van der Waals surface area contributed by atoms with E-state index in [1.165, 1.54) is 6.26 Å². The number of fused-ring (bicyclic) bond motifs is 1. The molecule has 0 bridgehead atoms. The van der Waals surface area contributed by atoms with E-state index in [1.54, 1.807) is 31.5 Å². The number of rotatable bonds is 10. The molecule has 2 aromatic carbocycles. The van der Waals surface area contributed by atoms with Crippen LogP contribution in [0.4, 0.5) is 17.5 Å². The zero-order valence-electron chi connectivity index (χ0n) is 23.9. The molecule has 3 aromatic rings. The fourth-order valence-corrected chi connectivity index (χ4v) is 6.19. The lowest BCUT2D eigenvalue weighted by atomic mass is 10.0. The summed E-state index contributed by atoms with van der Waals surface area (Å²) in [5.74, 6) is 1.12. The van der Waals surface area contributed by atoms with Gasteiger partial charge in [-0.05, 0) is 84.7 Å². The molecule has 1 aromatic heterocycles. The molecule has 0 unspecified atom stereocenters. The lowest BCUT2D eigenvalue weighted by Crippen LogP contribution is -2.43. The molecular weight excluding hydrogens is 622 g/mol. The van der Waals surface area contributed by atoms with E-state index < -0.39 is 9.84 Å². The van der Waals surface area contributed by atoms with Crippen molar-refractivity contribution in [3.05, 3.63) is 69.8 Å². The van der Waals surface area contributed by atoms with Crippen LogP contribution in [0.25, 0.3) is 0 Å². The third kappa shape index (κ3) is 7.38. The van der Waals surface area contributed by atoms with E-state index in [0.717, 1.165) is 37.1 Å². The maximum Gasteiger partial charge on any atom is 0.251 e. The van der Waals surface area contributed by atoms with Gasteiger partial charge in [-0.2, -0.15) is 4.98 Å². The molecule has 11 nitrogen and oxygen atoms in total. The van der Waals surface area contributed by atoms with Crippen LogP contribution in [0.2, 0.25) is 0 Å². The summed E-state index contributed by atoms with van der Waals surface area (Å²) in [5, 5.41) is 13.0. The molecular formula is C29H36BrN7O4S. The molecule has 1 aliphatic carbocycles. The van der Waals surface area contributed by atoms with Crippen LogP contribution >= 0.6 is 15.9 Å². The number of methoxy groups -OCH3 is 1. The van der Waals surface area contributed by atoms with Crippen molar-refractivity contribution >= 4 is 49.1 Å². The van der Waals surface area contributed by atoms with Crippen molar-refractivity contribution in [2.24, 2.45) is 0 Å². The van der Waals surface area contributed by atoms with E-state index >= 15 is 0 Å². The topological polar surface area (TPSA) is 138 Å². The second-order valence-corrected chi connectivity index (χ2v) is 13.9. The summed E-state index contributed by atoms with van der Waals surface area (Å²) in [7, 11) is 0.434. The number of hydrogen-bond donors (Lipinski definition) is 4. The van der Waals surface area contributed by atoms with E-state index in [9.17, 15) is 13.2 Å². The molecule has 0 saturated carbocycles. The van der Waals surface area contributed by atoms with Crippen molar-refractivity contribution < 1.29 is 17.9 Å². The third-order valence-corrected chi connectivity index (χ3v) is 8.90. The van der Waals surface area contributed by atoms with Crippen molar-refractivity contribution in [1.82, 2.24) is 25.5 Å². The fourth-order valence-electron chi connectivity index (χ4n) is 5.40. The molecule has 2 aliphatic rings. The number of carbonyl (C=O) groups is 1. The van der Waals surface area contributed by atoms with Crippen molar-refractivity contribution in [3.63, 3.8) is 0 Å². The van der Waals surface area contributed by atoms with Crippen LogP contribution in [0.15, 0.2) is 53.1 Å². The van der Waals surface area contributed by atoms with Gasteiger partial charge in [-0.3, -0.25) is 10.1 Å². The number of ether oxygens (including phenoxy) is 1. The van der Waals surface area contributed by atoms with Gasteiger partial charge in [-0.15, -0.1) is 0 Å². The van der Waals surface area contributed by atoms with Gasteiger partial charge in [-0.25, -0.2) is 13.4 Å². The number of nitrogens with zero attached hydrogens (tertiary/aromatic N) is 3. The van der Waals surface area contributed by atoms with Gasteiger partial charge in [0.2, 0.25) is 5.95 Å². The monoisotopic (exact) mass is 657 g/mol. The Morgan fingerprint density at radius 3 is 2.67 bits per heavy atom.